The minimum atomic E-state index is -0.289. The molecule has 22 heavy (non-hydrogen) atoms. The zero-order chi connectivity index (χ0) is 15.5. The molecule has 0 fully saturated rings. The smallest absolute Gasteiger partial charge is 0.246 e. The van der Waals surface area contributed by atoms with Gasteiger partial charge in [0.25, 0.3) is 0 Å². The van der Waals surface area contributed by atoms with Gasteiger partial charge in [-0.05, 0) is 73.7 Å². The predicted molar refractivity (Wildman–Crippen MR) is 94.3 cm³/mol. The van der Waals surface area contributed by atoms with Gasteiger partial charge in [-0.3, -0.25) is 4.79 Å². The number of fused-ring (bicyclic) bond motifs is 1. The maximum atomic E-state index is 12.3. The monoisotopic (exact) mass is 358 g/mol. The number of aryl methyl sites for hydroxylation is 2. The lowest BCUT2D eigenvalue weighted by Gasteiger charge is -2.16. The summed E-state index contributed by atoms with van der Waals surface area (Å²) in [5.74, 6) is -0.0391. The Morgan fingerprint density at radius 2 is 1.73 bits per heavy atom. The number of benzene rings is 2. The fourth-order valence-electron chi connectivity index (χ4n) is 2.76. The number of carbonyl (C=O) groups is 1. The van der Waals surface area contributed by atoms with E-state index < -0.39 is 0 Å². The summed E-state index contributed by atoms with van der Waals surface area (Å²) in [6.45, 7) is 1.88. The Balaban J connectivity index is 1.62. The molecule has 2 N–H and O–H groups in total. The second-order valence-corrected chi connectivity index (χ2v) is 6.61. The Labute approximate surface area is 139 Å². The molecule has 1 unspecified atom stereocenters. The van der Waals surface area contributed by atoms with Crippen LogP contribution in [0.5, 0.6) is 0 Å². The summed E-state index contributed by atoms with van der Waals surface area (Å²) in [5, 5.41) is 6.20. The minimum Gasteiger partial charge on any atom is -0.374 e. The highest BCUT2D eigenvalue weighted by atomic mass is 79.9. The average Bonchev–Trinajstić information content (AvgIpc) is 2.97. The van der Waals surface area contributed by atoms with Crippen LogP contribution in [-0.4, -0.2) is 11.9 Å². The van der Waals surface area contributed by atoms with Crippen LogP contribution in [0.3, 0.4) is 0 Å². The van der Waals surface area contributed by atoms with Crippen molar-refractivity contribution in [2.45, 2.75) is 32.2 Å². The summed E-state index contributed by atoms with van der Waals surface area (Å²) in [6, 6.07) is 13.7. The third kappa shape index (κ3) is 3.50. The van der Waals surface area contributed by atoms with Crippen LogP contribution in [0.4, 0.5) is 11.4 Å². The van der Waals surface area contributed by atoms with Gasteiger partial charge in [-0.1, -0.05) is 22.0 Å². The minimum absolute atomic E-state index is 0.0391. The largest absolute Gasteiger partial charge is 0.374 e. The fourth-order valence-corrected chi connectivity index (χ4v) is 3.03. The zero-order valence-electron chi connectivity index (χ0n) is 12.5. The van der Waals surface area contributed by atoms with Gasteiger partial charge < -0.3 is 10.6 Å². The molecule has 3 rings (SSSR count). The highest BCUT2D eigenvalue weighted by Gasteiger charge is 2.15. The van der Waals surface area contributed by atoms with Crippen molar-refractivity contribution >= 4 is 33.2 Å². The number of carbonyl (C=O) groups excluding carboxylic acids is 1. The van der Waals surface area contributed by atoms with E-state index in [1.807, 2.05) is 31.2 Å². The van der Waals surface area contributed by atoms with Crippen molar-refractivity contribution in [1.29, 1.82) is 0 Å². The SMILES string of the molecule is CC(Nc1ccc2c(c1)CCC2)C(=O)Nc1ccc(Br)cc1. The lowest BCUT2D eigenvalue weighted by molar-refractivity contribution is -0.116. The number of anilines is 2. The third-order valence-corrected chi connectivity index (χ3v) is 4.52. The average molecular weight is 359 g/mol. The van der Waals surface area contributed by atoms with Gasteiger partial charge in [-0.15, -0.1) is 0 Å². The molecule has 1 aliphatic carbocycles. The summed E-state index contributed by atoms with van der Waals surface area (Å²) in [4.78, 5) is 12.3. The van der Waals surface area contributed by atoms with Crippen LogP contribution in [-0.2, 0) is 17.6 Å². The highest BCUT2D eigenvalue weighted by Crippen LogP contribution is 2.25. The lowest BCUT2D eigenvalue weighted by Crippen LogP contribution is -2.31. The summed E-state index contributed by atoms with van der Waals surface area (Å²) in [6.07, 6.45) is 3.55. The van der Waals surface area contributed by atoms with Gasteiger partial charge in [-0.25, -0.2) is 0 Å². The first kappa shape index (κ1) is 15.1. The maximum absolute atomic E-state index is 12.3. The molecule has 3 nitrogen and oxygen atoms in total. The van der Waals surface area contributed by atoms with E-state index in [9.17, 15) is 4.79 Å². The van der Waals surface area contributed by atoms with Crippen molar-refractivity contribution in [2.24, 2.45) is 0 Å². The van der Waals surface area contributed by atoms with E-state index in [1.54, 1.807) is 0 Å². The predicted octanol–water partition coefficient (Wildman–Crippen LogP) is 4.38. The summed E-state index contributed by atoms with van der Waals surface area (Å²) < 4.78 is 0.995. The first-order valence-corrected chi connectivity index (χ1v) is 8.36. The second kappa shape index (κ2) is 6.53. The molecule has 1 atom stereocenters. The molecule has 0 saturated heterocycles. The Morgan fingerprint density at radius 1 is 1.05 bits per heavy atom. The fraction of sp³-hybridized carbons (Fsp3) is 0.278. The molecule has 0 heterocycles. The van der Waals surface area contributed by atoms with E-state index in [-0.39, 0.29) is 11.9 Å². The van der Waals surface area contributed by atoms with Crippen molar-refractivity contribution < 1.29 is 4.79 Å². The second-order valence-electron chi connectivity index (χ2n) is 5.70. The van der Waals surface area contributed by atoms with Crippen molar-refractivity contribution in [1.82, 2.24) is 0 Å². The standard InChI is InChI=1S/C18H19BrN2O/c1-12(18(22)21-16-9-6-15(19)7-10-16)20-17-8-5-13-3-2-4-14(13)11-17/h5-12,20H,2-4H2,1H3,(H,21,22). The van der Waals surface area contributed by atoms with Crippen LogP contribution < -0.4 is 10.6 Å². The molecule has 1 amide bonds. The van der Waals surface area contributed by atoms with Crippen molar-refractivity contribution in [3.8, 4) is 0 Å². The lowest BCUT2D eigenvalue weighted by atomic mass is 10.1. The Hall–Kier alpha value is -1.81. The molecule has 114 valence electrons. The molecule has 4 heteroatoms. The first-order chi connectivity index (χ1) is 10.6. The van der Waals surface area contributed by atoms with E-state index in [2.05, 4.69) is 44.8 Å². The number of amides is 1. The molecule has 0 bridgehead atoms. The third-order valence-electron chi connectivity index (χ3n) is 3.99. The summed E-state index contributed by atoms with van der Waals surface area (Å²) in [5.41, 5.74) is 4.66. The molecule has 1 aliphatic rings. The van der Waals surface area contributed by atoms with Crippen LogP contribution >= 0.6 is 15.9 Å². The number of hydrogen-bond donors (Lipinski definition) is 2. The molecule has 0 aliphatic heterocycles. The van der Waals surface area contributed by atoms with Gasteiger partial charge in [0.2, 0.25) is 5.91 Å². The molecular weight excluding hydrogens is 340 g/mol. The summed E-state index contributed by atoms with van der Waals surface area (Å²) >= 11 is 3.38. The summed E-state index contributed by atoms with van der Waals surface area (Å²) in [7, 11) is 0. The van der Waals surface area contributed by atoms with Gasteiger partial charge in [0, 0.05) is 15.8 Å². The number of nitrogens with one attached hydrogen (secondary N) is 2. The Morgan fingerprint density at radius 3 is 2.50 bits per heavy atom. The quantitative estimate of drug-likeness (QED) is 0.851. The van der Waals surface area contributed by atoms with Gasteiger partial charge in [0.05, 0.1) is 0 Å². The molecule has 2 aromatic rings. The van der Waals surface area contributed by atoms with E-state index in [0.29, 0.717) is 0 Å². The van der Waals surface area contributed by atoms with Crippen LogP contribution in [0.15, 0.2) is 46.9 Å². The van der Waals surface area contributed by atoms with E-state index >= 15 is 0 Å². The van der Waals surface area contributed by atoms with Gasteiger partial charge in [-0.2, -0.15) is 0 Å². The first-order valence-electron chi connectivity index (χ1n) is 7.56. The van der Waals surface area contributed by atoms with E-state index in [0.717, 1.165) is 22.3 Å². The van der Waals surface area contributed by atoms with Crippen molar-refractivity contribution in [3.05, 3.63) is 58.1 Å². The van der Waals surface area contributed by atoms with Gasteiger partial charge in [0.1, 0.15) is 6.04 Å². The number of halogens is 1. The highest BCUT2D eigenvalue weighted by molar-refractivity contribution is 9.10. The van der Waals surface area contributed by atoms with Crippen LogP contribution in [0, 0.1) is 0 Å². The van der Waals surface area contributed by atoms with E-state index in [4.69, 9.17) is 0 Å². The van der Waals surface area contributed by atoms with Crippen molar-refractivity contribution in [2.75, 3.05) is 10.6 Å². The maximum Gasteiger partial charge on any atom is 0.246 e. The number of hydrogen-bond acceptors (Lipinski definition) is 2. The number of rotatable bonds is 4. The molecule has 2 aromatic carbocycles. The van der Waals surface area contributed by atoms with Crippen molar-refractivity contribution in [3.63, 3.8) is 0 Å². The zero-order valence-corrected chi connectivity index (χ0v) is 14.1. The van der Waals surface area contributed by atoms with Crippen LogP contribution in [0.2, 0.25) is 0 Å². The van der Waals surface area contributed by atoms with Gasteiger partial charge in [0.15, 0.2) is 0 Å². The normalized spacial score (nSPS) is 14.3. The molecule has 0 aromatic heterocycles. The topological polar surface area (TPSA) is 41.1 Å². The molecule has 0 spiro atoms. The Kier molecular flexibility index (Phi) is 4.48. The Bertz CT molecular complexity index is 682. The molecular formula is C18H19BrN2O. The van der Waals surface area contributed by atoms with Gasteiger partial charge >= 0.3 is 0 Å². The van der Waals surface area contributed by atoms with Crippen LogP contribution in [0.1, 0.15) is 24.5 Å². The van der Waals surface area contributed by atoms with E-state index in [1.165, 1.54) is 24.0 Å². The van der Waals surface area contributed by atoms with Crippen LogP contribution in [0.25, 0.3) is 0 Å². The molecule has 0 radical (unpaired) electrons. The molecule has 0 saturated carbocycles.